The number of amides is 1. The van der Waals surface area contributed by atoms with Crippen molar-refractivity contribution >= 4 is 29.0 Å². The molecule has 1 fully saturated rings. The Hall–Kier alpha value is -3.74. The Morgan fingerprint density at radius 3 is 2.84 bits per heavy atom. The monoisotopic (exact) mass is 432 g/mol. The van der Waals surface area contributed by atoms with E-state index in [4.69, 9.17) is 14.5 Å². The largest absolute Gasteiger partial charge is 0.493 e. The van der Waals surface area contributed by atoms with Crippen molar-refractivity contribution in [2.24, 2.45) is 0 Å². The number of aromatic nitrogens is 2. The number of imidazole rings is 1. The Labute approximate surface area is 188 Å². The fraction of sp³-hybridized carbons (Fsp3) is 0.280. The van der Waals surface area contributed by atoms with Crippen LogP contribution in [0.1, 0.15) is 12.0 Å². The predicted octanol–water partition coefficient (Wildman–Crippen LogP) is 3.89. The van der Waals surface area contributed by atoms with E-state index in [2.05, 4.69) is 16.5 Å². The lowest BCUT2D eigenvalue weighted by atomic mass is 10.2. The van der Waals surface area contributed by atoms with E-state index in [-0.39, 0.29) is 5.91 Å². The number of benzene rings is 2. The minimum atomic E-state index is 0.00223. The number of nitrogens with one attached hydrogen (secondary N) is 1. The highest BCUT2D eigenvalue weighted by molar-refractivity contribution is 5.92. The molecule has 2 aromatic carbocycles. The first-order chi connectivity index (χ1) is 15.7. The predicted molar refractivity (Wildman–Crippen MR) is 127 cm³/mol. The topological polar surface area (TPSA) is 70.7 Å². The molecule has 0 bridgehead atoms. The maximum absolute atomic E-state index is 12.8. The second-order valence-electron chi connectivity index (χ2n) is 7.59. The third-order valence-electron chi connectivity index (χ3n) is 5.45. The van der Waals surface area contributed by atoms with Gasteiger partial charge in [0.05, 0.1) is 18.1 Å². The number of methoxy groups -OCH3 is 1. The molecule has 0 atom stereocenters. The molecule has 0 saturated carbocycles. The lowest BCUT2D eigenvalue weighted by Crippen LogP contribution is -2.34. The van der Waals surface area contributed by atoms with Gasteiger partial charge < -0.3 is 24.3 Å². The van der Waals surface area contributed by atoms with E-state index < -0.39 is 0 Å². The Bertz CT molecular complexity index is 1090. The first-order valence-corrected chi connectivity index (χ1v) is 10.8. The highest BCUT2D eigenvalue weighted by Gasteiger charge is 2.19. The van der Waals surface area contributed by atoms with Gasteiger partial charge in [-0.15, -0.1) is 0 Å². The standard InChI is InChI=1S/C25H28N4O3/c1-3-17-32-22-11-9-19(18-23(22)31-2)10-12-24(30)28-13-6-14-29(16-15-28)25-26-20-7-4-5-8-21(20)27-25/h3-5,7-12,18H,1,6,13-17H2,2H3,(H,26,27)/b12-10+. The third-order valence-corrected chi connectivity index (χ3v) is 5.45. The van der Waals surface area contributed by atoms with Gasteiger partial charge in [0.1, 0.15) is 6.61 Å². The summed E-state index contributed by atoms with van der Waals surface area (Å²) in [4.78, 5) is 25.0. The fourth-order valence-electron chi connectivity index (χ4n) is 3.77. The van der Waals surface area contributed by atoms with Gasteiger partial charge in [0.2, 0.25) is 11.9 Å². The van der Waals surface area contributed by atoms with Gasteiger partial charge >= 0.3 is 0 Å². The van der Waals surface area contributed by atoms with Crippen LogP contribution in [0.5, 0.6) is 11.5 Å². The molecule has 3 aromatic rings. The Morgan fingerprint density at radius 2 is 2.03 bits per heavy atom. The summed E-state index contributed by atoms with van der Waals surface area (Å²) in [6.45, 7) is 7.03. The molecule has 1 saturated heterocycles. The summed E-state index contributed by atoms with van der Waals surface area (Å²) in [5.41, 5.74) is 2.86. The van der Waals surface area contributed by atoms with Crippen LogP contribution in [0.3, 0.4) is 0 Å². The molecular formula is C25H28N4O3. The molecule has 0 aliphatic carbocycles. The van der Waals surface area contributed by atoms with Crippen LogP contribution in [0.4, 0.5) is 5.95 Å². The normalized spacial score (nSPS) is 14.5. The molecule has 1 aromatic heterocycles. The number of H-pyrrole nitrogens is 1. The van der Waals surface area contributed by atoms with E-state index in [9.17, 15) is 4.79 Å². The van der Waals surface area contributed by atoms with Crippen molar-refractivity contribution in [1.29, 1.82) is 0 Å². The summed E-state index contributed by atoms with van der Waals surface area (Å²) in [5, 5.41) is 0. The molecule has 1 N–H and O–H groups in total. The van der Waals surface area contributed by atoms with E-state index in [1.807, 2.05) is 53.4 Å². The van der Waals surface area contributed by atoms with Crippen molar-refractivity contribution in [3.63, 3.8) is 0 Å². The minimum absolute atomic E-state index is 0.00223. The Morgan fingerprint density at radius 1 is 1.16 bits per heavy atom. The molecule has 32 heavy (non-hydrogen) atoms. The maximum Gasteiger partial charge on any atom is 0.246 e. The van der Waals surface area contributed by atoms with Crippen LogP contribution in [0, 0.1) is 0 Å². The number of aromatic amines is 1. The summed E-state index contributed by atoms with van der Waals surface area (Å²) in [6.07, 6.45) is 6.00. The van der Waals surface area contributed by atoms with Crippen molar-refractivity contribution in [2.45, 2.75) is 6.42 Å². The van der Waals surface area contributed by atoms with E-state index >= 15 is 0 Å². The number of ether oxygens (including phenoxy) is 2. The third kappa shape index (κ3) is 4.94. The lowest BCUT2D eigenvalue weighted by Gasteiger charge is -2.20. The average Bonchev–Trinajstić information content (AvgIpc) is 3.10. The summed E-state index contributed by atoms with van der Waals surface area (Å²) in [7, 11) is 1.60. The molecule has 7 nitrogen and oxygen atoms in total. The minimum Gasteiger partial charge on any atom is -0.493 e. The zero-order chi connectivity index (χ0) is 22.3. The van der Waals surface area contributed by atoms with Crippen LogP contribution in [0.15, 0.2) is 61.2 Å². The molecule has 0 radical (unpaired) electrons. The molecular weight excluding hydrogens is 404 g/mol. The number of hydrogen-bond acceptors (Lipinski definition) is 5. The average molecular weight is 433 g/mol. The van der Waals surface area contributed by atoms with Gasteiger partial charge in [0, 0.05) is 32.3 Å². The molecule has 1 aliphatic rings. The fourth-order valence-corrected chi connectivity index (χ4v) is 3.77. The van der Waals surface area contributed by atoms with Gasteiger partial charge in [-0.1, -0.05) is 30.9 Å². The number of fused-ring (bicyclic) bond motifs is 1. The van der Waals surface area contributed by atoms with Crippen LogP contribution in [-0.4, -0.2) is 60.7 Å². The van der Waals surface area contributed by atoms with Gasteiger partial charge in [-0.3, -0.25) is 4.79 Å². The molecule has 0 spiro atoms. The molecule has 1 aliphatic heterocycles. The van der Waals surface area contributed by atoms with E-state index in [1.54, 1.807) is 19.3 Å². The van der Waals surface area contributed by atoms with Gasteiger partial charge in [-0.2, -0.15) is 0 Å². The van der Waals surface area contributed by atoms with Crippen LogP contribution in [-0.2, 0) is 4.79 Å². The number of hydrogen-bond donors (Lipinski definition) is 1. The van der Waals surface area contributed by atoms with E-state index in [0.29, 0.717) is 24.7 Å². The highest BCUT2D eigenvalue weighted by atomic mass is 16.5. The number of anilines is 1. The smallest absolute Gasteiger partial charge is 0.246 e. The van der Waals surface area contributed by atoms with Crippen molar-refractivity contribution in [1.82, 2.24) is 14.9 Å². The van der Waals surface area contributed by atoms with Crippen LogP contribution in [0.25, 0.3) is 17.1 Å². The SMILES string of the molecule is C=CCOc1ccc(/C=C/C(=O)N2CCCN(c3nc4ccccc4[nH]3)CC2)cc1OC. The lowest BCUT2D eigenvalue weighted by molar-refractivity contribution is -0.125. The summed E-state index contributed by atoms with van der Waals surface area (Å²) in [6, 6.07) is 13.6. The van der Waals surface area contributed by atoms with Crippen molar-refractivity contribution in [3.05, 3.63) is 66.8 Å². The summed E-state index contributed by atoms with van der Waals surface area (Å²) in [5.74, 6) is 2.14. The van der Waals surface area contributed by atoms with Crippen molar-refractivity contribution in [2.75, 3.05) is 44.8 Å². The zero-order valence-corrected chi connectivity index (χ0v) is 18.3. The quantitative estimate of drug-likeness (QED) is 0.453. The second-order valence-corrected chi connectivity index (χ2v) is 7.59. The number of para-hydroxylation sites is 2. The van der Waals surface area contributed by atoms with Gasteiger partial charge in [0.25, 0.3) is 0 Å². The molecule has 4 rings (SSSR count). The number of carbonyl (C=O) groups excluding carboxylic acids is 1. The van der Waals surface area contributed by atoms with Gasteiger partial charge in [-0.05, 0) is 42.3 Å². The Balaban J connectivity index is 1.38. The van der Waals surface area contributed by atoms with Gasteiger partial charge in [-0.25, -0.2) is 4.98 Å². The summed E-state index contributed by atoms with van der Waals surface area (Å²) < 4.78 is 11.0. The van der Waals surface area contributed by atoms with Crippen LogP contribution in [0.2, 0.25) is 0 Å². The Kier molecular flexibility index (Phi) is 6.75. The molecule has 2 heterocycles. The summed E-state index contributed by atoms with van der Waals surface area (Å²) >= 11 is 0. The van der Waals surface area contributed by atoms with E-state index in [0.717, 1.165) is 48.6 Å². The number of nitrogens with zero attached hydrogens (tertiary/aromatic N) is 3. The van der Waals surface area contributed by atoms with Crippen LogP contribution >= 0.6 is 0 Å². The number of carbonyl (C=O) groups is 1. The highest BCUT2D eigenvalue weighted by Crippen LogP contribution is 2.28. The first kappa shape index (κ1) is 21.5. The van der Waals surface area contributed by atoms with Crippen molar-refractivity contribution in [3.8, 4) is 11.5 Å². The van der Waals surface area contributed by atoms with Crippen LogP contribution < -0.4 is 14.4 Å². The molecule has 0 unspecified atom stereocenters. The zero-order valence-electron chi connectivity index (χ0n) is 18.3. The van der Waals surface area contributed by atoms with Crippen molar-refractivity contribution < 1.29 is 14.3 Å². The first-order valence-electron chi connectivity index (χ1n) is 10.8. The molecule has 1 amide bonds. The number of rotatable bonds is 7. The van der Waals surface area contributed by atoms with Gasteiger partial charge in [0.15, 0.2) is 11.5 Å². The van der Waals surface area contributed by atoms with E-state index in [1.165, 1.54) is 0 Å². The molecule has 166 valence electrons. The maximum atomic E-state index is 12.8. The second kappa shape index (κ2) is 10.0. The molecule has 7 heteroatoms.